The summed E-state index contributed by atoms with van der Waals surface area (Å²) in [5.41, 5.74) is 5.03. The van der Waals surface area contributed by atoms with E-state index in [2.05, 4.69) is 9.97 Å². The van der Waals surface area contributed by atoms with E-state index in [1.165, 1.54) is 0 Å². The van der Waals surface area contributed by atoms with Crippen LogP contribution in [0, 0.1) is 0 Å². The van der Waals surface area contributed by atoms with Crippen molar-refractivity contribution < 1.29 is 18.0 Å². The summed E-state index contributed by atoms with van der Waals surface area (Å²) >= 11 is 0. The number of benzene rings is 3. The van der Waals surface area contributed by atoms with Crippen LogP contribution in [0.2, 0.25) is 0 Å². The van der Waals surface area contributed by atoms with E-state index < -0.39 is 18.1 Å². The van der Waals surface area contributed by atoms with Gasteiger partial charge >= 0.3 is 12.1 Å². The van der Waals surface area contributed by atoms with Crippen molar-refractivity contribution >= 4 is 24.0 Å². The highest BCUT2D eigenvalue weighted by Crippen LogP contribution is 2.35. The van der Waals surface area contributed by atoms with Crippen LogP contribution in [0.1, 0.15) is 16.8 Å². The molecule has 0 bridgehead atoms. The minimum Gasteiger partial charge on any atom is -0.363 e. The number of nitrogens with zero attached hydrogens (tertiary/aromatic N) is 3. The number of imidazole rings is 1. The zero-order valence-corrected chi connectivity index (χ0v) is 20.7. The van der Waals surface area contributed by atoms with Gasteiger partial charge in [0, 0.05) is 25.0 Å². The van der Waals surface area contributed by atoms with Crippen molar-refractivity contribution in [1.29, 1.82) is 0 Å². The van der Waals surface area contributed by atoms with E-state index in [4.69, 9.17) is 0 Å². The van der Waals surface area contributed by atoms with Crippen molar-refractivity contribution in [3.05, 3.63) is 108 Å². The second kappa shape index (κ2) is 11.1. The molecule has 1 aliphatic heterocycles. The Labute approximate surface area is 219 Å². The Morgan fingerprint density at radius 1 is 0.973 bits per heavy atom. The highest BCUT2D eigenvalue weighted by Gasteiger charge is 2.46. The Morgan fingerprint density at radius 2 is 1.68 bits per heavy atom. The molecule has 0 saturated heterocycles. The summed E-state index contributed by atoms with van der Waals surface area (Å²) in [5, 5.41) is 0. The minimum absolute atomic E-state index is 0. The number of H-pyrrole nitrogens is 1. The number of aromatic amines is 1. The van der Waals surface area contributed by atoms with E-state index in [0.29, 0.717) is 18.5 Å². The van der Waals surface area contributed by atoms with Crippen LogP contribution in [0.3, 0.4) is 0 Å². The number of nitrogens with one attached hydrogen (secondary N) is 1. The van der Waals surface area contributed by atoms with E-state index >= 15 is 0 Å². The number of fused-ring (bicyclic) bond motifs is 1. The first-order valence-electron chi connectivity index (χ1n) is 11.7. The number of anilines is 1. The van der Waals surface area contributed by atoms with E-state index in [1.807, 2.05) is 83.8 Å². The Balaban J connectivity index is 0.00000320. The quantitative estimate of drug-likeness (QED) is 0.346. The molecule has 5 rings (SSSR count). The molecule has 0 fully saturated rings. The first-order chi connectivity index (χ1) is 17.4. The van der Waals surface area contributed by atoms with Crippen LogP contribution in [-0.2, 0) is 24.3 Å². The highest BCUT2D eigenvalue weighted by molar-refractivity contribution is 5.85. The average Bonchev–Trinajstić information content (AvgIpc) is 3.34. The maximum atomic E-state index is 13.8. The zero-order valence-electron chi connectivity index (χ0n) is 19.9. The molecule has 0 saturated carbocycles. The largest absolute Gasteiger partial charge is 0.471 e. The second-order valence-corrected chi connectivity index (χ2v) is 8.94. The lowest BCUT2D eigenvalue weighted by atomic mass is 10.0. The molecule has 1 aliphatic rings. The van der Waals surface area contributed by atoms with Crippen molar-refractivity contribution in [2.24, 2.45) is 0 Å². The van der Waals surface area contributed by atoms with Gasteiger partial charge in [-0.2, -0.15) is 13.2 Å². The van der Waals surface area contributed by atoms with Gasteiger partial charge in [-0.1, -0.05) is 66.7 Å². The zero-order chi connectivity index (χ0) is 25.1. The Morgan fingerprint density at radius 3 is 2.32 bits per heavy atom. The standard InChI is InChI=1S/C28H25F3N4O.ClH/c29-28(30,31)27(36)35-16-23-14-22(21-9-5-2-6-10-21)11-12-26(23)34(17-24-15-32-19-33-24)18-25(35)13-20-7-3-1-4-8-20;/h1-12,14-15,19,25H,13,16-18H2,(H,32,33);1H/t25-;/m1./s1. The van der Waals surface area contributed by atoms with Crippen molar-refractivity contribution in [1.82, 2.24) is 14.9 Å². The first kappa shape index (κ1) is 26.3. The normalized spacial score (nSPS) is 15.5. The van der Waals surface area contributed by atoms with Gasteiger partial charge in [-0.3, -0.25) is 4.79 Å². The first-order valence-corrected chi connectivity index (χ1v) is 11.7. The monoisotopic (exact) mass is 526 g/mol. The summed E-state index contributed by atoms with van der Waals surface area (Å²) in [4.78, 5) is 22.9. The maximum Gasteiger partial charge on any atom is 0.471 e. The topological polar surface area (TPSA) is 52.2 Å². The highest BCUT2D eigenvalue weighted by atomic mass is 35.5. The van der Waals surface area contributed by atoms with Gasteiger partial charge in [0.2, 0.25) is 0 Å². The third-order valence-electron chi connectivity index (χ3n) is 6.47. The molecule has 192 valence electrons. The van der Waals surface area contributed by atoms with E-state index in [1.54, 1.807) is 12.5 Å². The number of rotatable bonds is 5. The fraction of sp³-hybridized carbons (Fsp3) is 0.214. The molecule has 3 aromatic carbocycles. The van der Waals surface area contributed by atoms with Gasteiger partial charge in [0.25, 0.3) is 0 Å². The predicted octanol–water partition coefficient (Wildman–Crippen LogP) is 6.02. The van der Waals surface area contributed by atoms with Gasteiger partial charge in [0.1, 0.15) is 0 Å². The number of alkyl halides is 3. The summed E-state index contributed by atoms with van der Waals surface area (Å²) in [6.07, 6.45) is -1.38. The number of carbonyl (C=O) groups excluding carboxylic acids is 1. The number of aromatic nitrogens is 2. The molecule has 0 spiro atoms. The van der Waals surface area contributed by atoms with Crippen LogP contribution in [0.5, 0.6) is 0 Å². The smallest absolute Gasteiger partial charge is 0.363 e. The molecule has 1 atom stereocenters. The average molecular weight is 527 g/mol. The van der Waals surface area contributed by atoms with Crippen molar-refractivity contribution in [2.75, 3.05) is 11.4 Å². The SMILES string of the molecule is Cl.O=C(N1Cc2cc(-c3ccccc3)ccc2N(Cc2cnc[nH]2)C[C@H]1Cc1ccccc1)C(F)(F)F. The van der Waals surface area contributed by atoms with Crippen LogP contribution in [0.4, 0.5) is 18.9 Å². The van der Waals surface area contributed by atoms with Crippen molar-refractivity contribution in [3.63, 3.8) is 0 Å². The molecule has 4 aromatic rings. The maximum absolute atomic E-state index is 13.8. The van der Waals surface area contributed by atoms with Gasteiger partial charge in [-0.15, -0.1) is 12.4 Å². The lowest BCUT2D eigenvalue weighted by Crippen LogP contribution is -2.50. The summed E-state index contributed by atoms with van der Waals surface area (Å²) in [6.45, 7) is 0.537. The van der Waals surface area contributed by atoms with Gasteiger partial charge in [0.15, 0.2) is 0 Å². The molecule has 2 heterocycles. The summed E-state index contributed by atoms with van der Waals surface area (Å²) < 4.78 is 41.3. The lowest BCUT2D eigenvalue weighted by molar-refractivity contribution is -0.188. The Kier molecular flexibility index (Phi) is 7.88. The number of halogens is 4. The minimum atomic E-state index is -4.97. The molecule has 1 aromatic heterocycles. The molecule has 5 nitrogen and oxygen atoms in total. The van der Waals surface area contributed by atoms with Crippen molar-refractivity contribution in [3.8, 4) is 11.1 Å². The summed E-state index contributed by atoms with van der Waals surface area (Å²) in [7, 11) is 0. The van der Waals surface area contributed by atoms with E-state index in [9.17, 15) is 18.0 Å². The fourth-order valence-corrected chi connectivity index (χ4v) is 4.78. The van der Waals surface area contributed by atoms with Gasteiger partial charge in [-0.25, -0.2) is 4.98 Å². The van der Waals surface area contributed by atoms with Gasteiger partial charge in [-0.05, 0) is 40.8 Å². The van der Waals surface area contributed by atoms with Crippen LogP contribution in [0.15, 0.2) is 91.4 Å². The number of amides is 1. The van der Waals surface area contributed by atoms with Crippen LogP contribution in [0.25, 0.3) is 11.1 Å². The summed E-state index contributed by atoms with van der Waals surface area (Å²) in [5.74, 6) is -1.82. The summed E-state index contributed by atoms with van der Waals surface area (Å²) in [6, 6.07) is 24.1. The third kappa shape index (κ3) is 5.97. The lowest BCUT2D eigenvalue weighted by Gasteiger charge is -2.33. The van der Waals surface area contributed by atoms with E-state index in [0.717, 1.165) is 33.0 Å². The molecule has 9 heteroatoms. The molecule has 0 aliphatic carbocycles. The van der Waals surface area contributed by atoms with Gasteiger partial charge < -0.3 is 14.8 Å². The fourth-order valence-electron chi connectivity index (χ4n) is 4.78. The Bertz CT molecular complexity index is 1310. The third-order valence-corrected chi connectivity index (χ3v) is 6.47. The van der Waals surface area contributed by atoms with Gasteiger partial charge in [0.05, 0.1) is 24.6 Å². The second-order valence-electron chi connectivity index (χ2n) is 8.94. The molecular weight excluding hydrogens is 501 g/mol. The molecule has 1 amide bonds. The molecule has 0 radical (unpaired) electrons. The Hall–Kier alpha value is -3.78. The van der Waals surface area contributed by atoms with Crippen LogP contribution in [-0.4, -0.2) is 39.5 Å². The number of hydrogen-bond acceptors (Lipinski definition) is 3. The predicted molar refractivity (Wildman–Crippen MR) is 139 cm³/mol. The molecule has 37 heavy (non-hydrogen) atoms. The number of carbonyl (C=O) groups is 1. The van der Waals surface area contributed by atoms with Crippen LogP contribution >= 0.6 is 12.4 Å². The van der Waals surface area contributed by atoms with Crippen LogP contribution < -0.4 is 4.90 Å². The van der Waals surface area contributed by atoms with E-state index in [-0.39, 0.29) is 25.5 Å². The molecule has 1 N–H and O–H groups in total. The molecular formula is C28H26ClF3N4O. The molecule has 0 unspecified atom stereocenters. The van der Waals surface area contributed by atoms with Crippen molar-refractivity contribution in [2.45, 2.75) is 31.7 Å². The number of hydrogen-bond donors (Lipinski definition) is 1.